The summed E-state index contributed by atoms with van der Waals surface area (Å²) in [6, 6.07) is 37.9. The molecule has 0 unspecified atom stereocenters. The number of hydrogen-bond acceptors (Lipinski definition) is 3. The minimum absolute atomic E-state index is 0.891. The van der Waals surface area contributed by atoms with Crippen molar-refractivity contribution in [2.24, 2.45) is 0 Å². The molecule has 1 aromatic heterocycles. The summed E-state index contributed by atoms with van der Waals surface area (Å²) in [5.41, 5.74) is 12.9. The Kier molecular flexibility index (Phi) is 5.21. The normalized spacial score (nSPS) is 16.3. The van der Waals surface area contributed by atoms with E-state index in [1.807, 2.05) is 0 Å². The van der Waals surface area contributed by atoms with E-state index >= 15 is 0 Å². The number of hydrogen-bond donors (Lipinski definition) is 0. The van der Waals surface area contributed by atoms with Gasteiger partial charge >= 0.3 is 0 Å². The van der Waals surface area contributed by atoms with Crippen molar-refractivity contribution in [3.8, 4) is 0 Å². The van der Waals surface area contributed by atoms with Crippen LogP contribution in [0, 0.1) is 0 Å². The Balaban J connectivity index is 1.42. The second-order valence-corrected chi connectivity index (χ2v) is 13.3. The molecule has 3 aliphatic rings. The van der Waals surface area contributed by atoms with Crippen LogP contribution in [0.3, 0.4) is 0 Å². The highest BCUT2D eigenvalue weighted by Gasteiger charge is 2.45. The number of nitrogens with zero attached hydrogens (tertiary/aromatic N) is 3. The first-order valence-corrected chi connectivity index (χ1v) is 16.5. The first-order valence-electron chi connectivity index (χ1n) is 13.2. The van der Waals surface area contributed by atoms with Gasteiger partial charge in [0.1, 0.15) is 0 Å². The SMILES string of the molecule is BrP1N2C3=C(c4cccc5cccc3c45)N1c1ccccc1CCc1cccc(n1)CCc1ccccc12. The van der Waals surface area contributed by atoms with E-state index in [9.17, 15) is 0 Å². The van der Waals surface area contributed by atoms with Gasteiger partial charge in [0.05, 0.1) is 22.8 Å². The number of aromatic nitrogens is 1. The lowest BCUT2D eigenvalue weighted by molar-refractivity contribution is 0.856. The van der Waals surface area contributed by atoms with Crippen LogP contribution in [0.5, 0.6) is 0 Å². The monoisotopic (exact) mass is 573 g/mol. The number of halogens is 1. The van der Waals surface area contributed by atoms with Gasteiger partial charge < -0.3 is 0 Å². The van der Waals surface area contributed by atoms with Crippen LogP contribution in [-0.4, -0.2) is 4.98 Å². The second kappa shape index (κ2) is 8.80. The number of para-hydroxylation sites is 2. The van der Waals surface area contributed by atoms with Crippen molar-refractivity contribution in [2.45, 2.75) is 25.7 Å². The van der Waals surface area contributed by atoms with Crippen molar-refractivity contribution in [3.05, 3.63) is 137 Å². The Morgan fingerprint density at radius 1 is 0.553 bits per heavy atom. The van der Waals surface area contributed by atoms with Gasteiger partial charge in [0.25, 0.3) is 0 Å². The predicted octanol–water partition coefficient (Wildman–Crippen LogP) is 8.91. The van der Waals surface area contributed by atoms with Crippen LogP contribution in [-0.2, 0) is 25.7 Å². The van der Waals surface area contributed by atoms with Crippen LogP contribution in [0.25, 0.3) is 22.2 Å². The standard InChI is InChI=1S/C33H25BrN3P/c34-38-36-29-16-3-1-8-22(29)18-20-25-12-7-13-26(35-25)21-19-23-9-2-4-17-30(23)37(38)33-28-15-6-11-24-10-5-14-27(31(24)28)32(33)36/h1-17H,18-21H2. The summed E-state index contributed by atoms with van der Waals surface area (Å²) in [5.74, 6) is 0. The van der Waals surface area contributed by atoms with Gasteiger partial charge in [-0.1, -0.05) is 78.9 Å². The number of pyridine rings is 1. The highest BCUT2D eigenvalue weighted by molar-refractivity contribution is 9.39. The molecule has 38 heavy (non-hydrogen) atoms. The zero-order valence-corrected chi connectivity index (χ0v) is 23.3. The van der Waals surface area contributed by atoms with E-state index in [1.165, 1.54) is 67.2 Å². The zero-order valence-electron chi connectivity index (χ0n) is 20.8. The maximum Gasteiger partial charge on any atom is 0.179 e. The summed E-state index contributed by atoms with van der Waals surface area (Å²) in [5, 5.41) is 2.66. The fraction of sp³-hybridized carbons (Fsp3) is 0.121. The number of aryl methyl sites for hydroxylation is 4. The average Bonchev–Trinajstić information content (AvgIpc) is 3.44. The molecule has 0 amide bonds. The molecule has 5 heteroatoms. The van der Waals surface area contributed by atoms with Gasteiger partial charge in [0.15, 0.2) is 6.93 Å². The molecular formula is C33H25BrN3P. The largest absolute Gasteiger partial charge is 0.291 e. The van der Waals surface area contributed by atoms with E-state index < -0.39 is 6.93 Å². The lowest BCUT2D eigenvalue weighted by atomic mass is 10.0. The van der Waals surface area contributed by atoms with E-state index in [0.29, 0.717) is 0 Å². The summed E-state index contributed by atoms with van der Waals surface area (Å²) >= 11 is 4.28. The maximum atomic E-state index is 5.04. The highest BCUT2D eigenvalue weighted by Crippen LogP contribution is 2.70. The number of anilines is 2. The lowest BCUT2D eigenvalue weighted by Crippen LogP contribution is -2.18. The zero-order chi connectivity index (χ0) is 25.2. The van der Waals surface area contributed by atoms with E-state index in [-0.39, 0.29) is 0 Å². The Labute approximate surface area is 232 Å². The molecule has 0 radical (unpaired) electrons. The maximum absolute atomic E-state index is 5.04. The van der Waals surface area contributed by atoms with Crippen LogP contribution in [0.4, 0.5) is 11.4 Å². The van der Waals surface area contributed by atoms with Gasteiger partial charge in [-0.2, -0.15) is 0 Å². The number of rotatable bonds is 0. The van der Waals surface area contributed by atoms with Gasteiger partial charge in [-0.3, -0.25) is 14.3 Å². The average molecular weight is 574 g/mol. The van der Waals surface area contributed by atoms with E-state index in [4.69, 9.17) is 4.98 Å². The summed E-state index contributed by atoms with van der Waals surface area (Å²) in [6.45, 7) is -0.891. The van der Waals surface area contributed by atoms with Crippen LogP contribution >= 0.6 is 22.4 Å². The molecule has 2 aliphatic heterocycles. The summed E-state index contributed by atoms with van der Waals surface area (Å²) in [6.07, 6.45) is 3.77. The van der Waals surface area contributed by atoms with Crippen LogP contribution in [0.1, 0.15) is 33.6 Å². The molecule has 4 bridgehead atoms. The fourth-order valence-electron chi connectivity index (χ4n) is 6.28. The molecule has 0 atom stereocenters. The first kappa shape index (κ1) is 22.5. The minimum Gasteiger partial charge on any atom is -0.291 e. The van der Waals surface area contributed by atoms with Gasteiger partial charge in [-0.05, 0) is 82.0 Å². The van der Waals surface area contributed by atoms with Crippen molar-refractivity contribution in [1.82, 2.24) is 4.98 Å². The second-order valence-electron chi connectivity index (χ2n) is 10.1. The molecule has 184 valence electrons. The van der Waals surface area contributed by atoms with E-state index in [2.05, 4.69) is 128 Å². The Bertz CT molecular complexity index is 1660. The third-order valence-electron chi connectivity index (χ3n) is 8.00. The van der Waals surface area contributed by atoms with Crippen LogP contribution in [0.15, 0.2) is 103 Å². The first-order chi connectivity index (χ1) is 18.8. The molecule has 0 spiro atoms. The molecule has 0 saturated heterocycles. The smallest absolute Gasteiger partial charge is 0.179 e. The Morgan fingerprint density at radius 3 is 1.61 bits per heavy atom. The van der Waals surface area contributed by atoms with Gasteiger partial charge in [-0.25, -0.2) is 0 Å². The highest BCUT2D eigenvalue weighted by atomic mass is 79.9. The summed E-state index contributed by atoms with van der Waals surface area (Å²) < 4.78 is 5.17. The van der Waals surface area contributed by atoms with Gasteiger partial charge in [-0.15, -0.1) is 0 Å². The van der Waals surface area contributed by atoms with Crippen molar-refractivity contribution >= 4 is 56.0 Å². The Hall–Kier alpha value is -3.46. The van der Waals surface area contributed by atoms with Crippen molar-refractivity contribution in [1.29, 1.82) is 0 Å². The van der Waals surface area contributed by atoms with Crippen molar-refractivity contribution in [3.63, 3.8) is 0 Å². The summed E-state index contributed by atoms with van der Waals surface area (Å²) in [4.78, 5) is 5.04. The summed E-state index contributed by atoms with van der Waals surface area (Å²) in [7, 11) is 0. The fourth-order valence-corrected chi connectivity index (χ4v) is 9.92. The van der Waals surface area contributed by atoms with Crippen molar-refractivity contribution < 1.29 is 0 Å². The number of fused-ring (bicyclic) bond motifs is 12. The number of benzene rings is 4. The topological polar surface area (TPSA) is 19.4 Å². The molecule has 0 saturated carbocycles. The third-order valence-corrected chi connectivity index (χ3v) is 11.4. The lowest BCUT2D eigenvalue weighted by Gasteiger charge is -2.33. The molecule has 5 aromatic rings. The van der Waals surface area contributed by atoms with E-state index in [0.717, 1.165) is 25.7 Å². The molecule has 0 N–H and O–H groups in total. The van der Waals surface area contributed by atoms with Gasteiger partial charge in [0, 0.05) is 27.9 Å². The van der Waals surface area contributed by atoms with Crippen molar-refractivity contribution in [2.75, 3.05) is 9.34 Å². The quantitative estimate of drug-likeness (QED) is 0.172. The van der Waals surface area contributed by atoms with E-state index in [1.54, 1.807) is 0 Å². The predicted molar refractivity (Wildman–Crippen MR) is 164 cm³/mol. The molecule has 1 aliphatic carbocycles. The van der Waals surface area contributed by atoms with Gasteiger partial charge in [0.2, 0.25) is 0 Å². The molecule has 0 fully saturated rings. The van der Waals surface area contributed by atoms with Crippen LogP contribution in [0.2, 0.25) is 0 Å². The third kappa shape index (κ3) is 3.33. The molecule has 3 heterocycles. The molecule has 3 nitrogen and oxygen atoms in total. The minimum atomic E-state index is -0.891. The molecule has 4 aromatic carbocycles. The molecule has 8 rings (SSSR count). The van der Waals surface area contributed by atoms with Crippen LogP contribution < -0.4 is 9.34 Å². The Morgan fingerprint density at radius 2 is 1.05 bits per heavy atom. The molecular weight excluding hydrogens is 549 g/mol.